The van der Waals surface area contributed by atoms with Gasteiger partial charge in [0.15, 0.2) is 0 Å². The van der Waals surface area contributed by atoms with Crippen molar-refractivity contribution in [2.75, 3.05) is 41.7 Å². The third-order valence-corrected chi connectivity index (χ3v) is 5.41. The van der Waals surface area contributed by atoms with Crippen molar-refractivity contribution in [3.8, 4) is 0 Å². The lowest BCUT2D eigenvalue weighted by atomic mass is 10.1. The molecule has 1 amide bonds. The number of nitrogens with one attached hydrogen (secondary N) is 1. The molecule has 23 heavy (non-hydrogen) atoms. The van der Waals surface area contributed by atoms with E-state index in [0.29, 0.717) is 25.6 Å². The minimum Gasteiger partial charge on any atom is -0.368 e. The molecule has 7 heteroatoms. The first-order valence-electron chi connectivity index (χ1n) is 7.93. The van der Waals surface area contributed by atoms with Crippen LogP contribution in [0.4, 0.5) is 11.4 Å². The summed E-state index contributed by atoms with van der Waals surface area (Å²) in [6.07, 6.45) is 0. The van der Waals surface area contributed by atoms with Crippen LogP contribution in [0.3, 0.4) is 0 Å². The van der Waals surface area contributed by atoms with Crippen LogP contribution in [-0.4, -0.2) is 46.3 Å². The van der Waals surface area contributed by atoms with E-state index in [-0.39, 0.29) is 11.7 Å². The number of carbonyl (C=O) groups is 1. The molecule has 1 unspecified atom stereocenters. The van der Waals surface area contributed by atoms with E-state index >= 15 is 0 Å². The number of benzene rings is 1. The van der Waals surface area contributed by atoms with Gasteiger partial charge in [0.2, 0.25) is 15.9 Å². The highest BCUT2D eigenvalue weighted by Gasteiger charge is 2.26. The summed E-state index contributed by atoms with van der Waals surface area (Å²) in [6.45, 7) is 7.69. The number of anilines is 2. The Kier molecular flexibility index (Phi) is 5.64. The van der Waals surface area contributed by atoms with E-state index in [1.165, 1.54) is 0 Å². The summed E-state index contributed by atoms with van der Waals surface area (Å²) in [4.78, 5) is 15.9. The van der Waals surface area contributed by atoms with Crippen LogP contribution >= 0.6 is 0 Å². The highest BCUT2D eigenvalue weighted by atomic mass is 32.2. The summed E-state index contributed by atoms with van der Waals surface area (Å²) in [5, 5.41) is 0. The Balaban J connectivity index is 2.21. The smallest absolute Gasteiger partial charge is 0.223 e. The van der Waals surface area contributed by atoms with Crippen molar-refractivity contribution >= 4 is 27.3 Å². The monoisotopic (exact) mass is 339 g/mol. The fraction of sp³-hybridized carbons (Fsp3) is 0.562. The van der Waals surface area contributed by atoms with Crippen LogP contribution in [0.25, 0.3) is 0 Å². The van der Waals surface area contributed by atoms with E-state index in [0.717, 1.165) is 17.9 Å². The normalized spacial score (nSPS) is 18.5. The van der Waals surface area contributed by atoms with Gasteiger partial charge < -0.3 is 9.80 Å². The molecule has 0 spiro atoms. The lowest BCUT2D eigenvalue weighted by Crippen LogP contribution is -2.37. The Morgan fingerprint density at radius 2 is 1.91 bits per heavy atom. The van der Waals surface area contributed by atoms with Crippen molar-refractivity contribution in [2.45, 2.75) is 20.8 Å². The number of amides is 1. The molecule has 2 rings (SSSR count). The summed E-state index contributed by atoms with van der Waals surface area (Å²) in [5.41, 5.74) is 1.87. The molecule has 1 aromatic carbocycles. The van der Waals surface area contributed by atoms with Crippen molar-refractivity contribution in [1.29, 1.82) is 0 Å². The first kappa shape index (κ1) is 17.7. The molecule has 1 N–H and O–H groups in total. The van der Waals surface area contributed by atoms with Crippen molar-refractivity contribution < 1.29 is 13.2 Å². The second-order valence-electron chi connectivity index (χ2n) is 5.97. The van der Waals surface area contributed by atoms with Crippen molar-refractivity contribution in [3.63, 3.8) is 0 Å². The lowest BCUT2D eigenvalue weighted by molar-refractivity contribution is -0.116. The van der Waals surface area contributed by atoms with Crippen molar-refractivity contribution in [2.24, 2.45) is 5.92 Å². The van der Waals surface area contributed by atoms with Crippen molar-refractivity contribution in [3.05, 3.63) is 24.3 Å². The molecule has 0 bridgehead atoms. The summed E-state index contributed by atoms with van der Waals surface area (Å²) < 4.78 is 25.8. The molecule has 128 valence electrons. The zero-order valence-electron chi connectivity index (χ0n) is 13.9. The average Bonchev–Trinajstić information content (AvgIpc) is 2.65. The maximum Gasteiger partial charge on any atom is 0.223 e. The molecule has 6 nitrogen and oxygen atoms in total. The van der Waals surface area contributed by atoms with Crippen LogP contribution in [-0.2, 0) is 14.8 Å². The topological polar surface area (TPSA) is 69.7 Å². The number of rotatable bonds is 5. The van der Waals surface area contributed by atoms with E-state index in [9.17, 15) is 13.2 Å². The molecule has 1 aromatic rings. The fourth-order valence-corrected chi connectivity index (χ4v) is 3.46. The number of sulfonamides is 1. The van der Waals surface area contributed by atoms with Crippen LogP contribution in [0.2, 0.25) is 0 Å². The number of para-hydroxylation sites is 2. The molecule has 1 aliphatic heterocycles. The molecule has 1 aliphatic rings. The molecule has 0 saturated carbocycles. The van der Waals surface area contributed by atoms with Gasteiger partial charge in [-0.2, -0.15) is 0 Å². The number of fused-ring (bicyclic) bond motifs is 1. The summed E-state index contributed by atoms with van der Waals surface area (Å²) >= 11 is 0. The summed E-state index contributed by atoms with van der Waals surface area (Å²) in [7, 11) is -3.19. The third-order valence-electron chi connectivity index (χ3n) is 4.00. The highest BCUT2D eigenvalue weighted by Crippen LogP contribution is 2.33. The highest BCUT2D eigenvalue weighted by molar-refractivity contribution is 7.89. The zero-order chi connectivity index (χ0) is 17.0. The van der Waals surface area contributed by atoms with Crippen LogP contribution in [0.1, 0.15) is 20.8 Å². The SMILES string of the molecule is CCS(=O)(=O)NCCN1CC(C)CN(C(C)=O)c2ccccc21. The maximum atomic E-state index is 12.0. The van der Waals surface area contributed by atoms with E-state index in [1.807, 2.05) is 24.3 Å². The van der Waals surface area contributed by atoms with E-state index in [1.54, 1.807) is 18.7 Å². The predicted molar refractivity (Wildman–Crippen MR) is 93.3 cm³/mol. The Morgan fingerprint density at radius 1 is 1.26 bits per heavy atom. The molecular weight excluding hydrogens is 314 g/mol. The number of nitrogens with zero attached hydrogens (tertiary/aromatic N) is 2. The van der Waals surface area contributed by atoms with Gasteiger partial charge in [0, 0.05) is 33.1 Å². The second kappa shape index (κ2) is 7.31. The Hall–Kier alpha value is -1.60. The van der Waals surface area contributed by atoms with Crippen LogP contribution in [0, 0.1) is 5.92 Å². The van der Waals surface area contributed by atoms with E-state index in [2.05, 4.69) is 16.5 Å². The van der Waals surface area contributed by atoms with Gasteiger partial charge in [-0.25, -0.2) is 13.1 Å². The standard InChI is InChI=1S/C16H25N3O3S/c1-4-23(21,22)17-9-10-18-11-13(2)12-19(14(3)20)16-8-6-5-7-15(16)18/h5-8,13,17H,4,9-12H2,1-3H3. The first-order valence-corrected chi connectivity index (χ1v) is 9.58. The molecule has 0 aromatic heterocycles. The predicted octanol–water partition coefficient (Wildman–Crippen LogP) is 1.43. The maximum absolute atomic E-state index is 12.0. The Labute approximate surface area is 138 Å². The first-order chi connectivity index (χ1) is 10.8. The molecule has 0 radical (unpaired) electrons. The van der Waals surface area contributed by atoms with Gasteiger partial charge in [-0.1, -0.05) is 19.1 Å². The quantitative estimate of drug-likeness (QED) is 0.881. The van der Waals surface area contributed by atoms with Gasteiger partial charge in [-0.05, 0) is 25.0 Å². The van der Waals surface area contributed by atoms with Gasteiger partial charge in [-0.3, -0.25) is 4.79 Å². The molecule has 0 fully saturated rings. The molecular formula is C16H25N3O3S. The van der Waals surface area contributed by atoms with Gasteiger partial charge in [0.25, 0.3) is 0 Å². The van der Waals surface area contributed by atoms with Gasteiger partial charge in [-0.15, -0.1) is 0 Å². The largest absolute Gasteiger partial charge is 0.368 e. The second-order valence-corrected chi connectivity index (χ2v) is 8.06. The lowest BCUT2D eigenvalue weighted by Gasteiger charge is -2.26. The number of carbonyl (C=O) groups excluding carboxylic acids is 1. The van der Waals surface area contributed by atoms with Crippen molar-refractivity contribution in [1.82, 2.24) is 4.72 Å². The molecule has 1 atom stereocenters. The fourth-order valence-electron chi connectivity index (χ4n) is 2.85. The van der Waals surface area contributed by atoms with Crippen LogP contribution in [0.5, 0.6) is 0 Å². The number of hydrogen-bond acceptors (Lipinski definition) is 4. The van der Waals surface area contributed by atoms with E-state index < -0.39 is 10.0 Å². The minimum absolute atomic E-state index is 0.0258. The molecule has 1 heterocycles. The van der Waals surface area contributed by atoms with Crippen LogP contribution < -0.4 is 14.5 Å². The van der Waals surface area contributed by atoms with Crippen LogP contribution in [0.15, 0.2) is 24.3 Å². The summed E-state index contributed by atoms with van der Waals surface area (Å²) in [5.74, 6) is 0.407. The Bertz CT molecular complexity index is 660. The number of hydrogen-bond donors (Lipinski definition) is 1. The molecule has 0 aliphatic carbocycles. The summed E-state index contributed by atoms with van der Waals surface area (Å²) in [6, 6.07) is 7.79. The zero-order valence-corrected chi connectivity index (χ0v) is 14.8. The minimum atomic E-state index is -3.19. The average molecular weight is 339 g/mol. The molecule has 0 saturated heterocycles. The van der Waals surface area contributed by atoms with E-state index in [4.69, 9.17) is 0 Å². The van der Waals surface area contributed by atoms with Gasteiger partial charge >= 0.3 is 0 Å². The Morgan fingerprint density at radius 3 is 2.52 bits per heavy atom. The van der Waals surface area contributed by atoms with Gasteiger partial charge in [0.1, 0.15) is 0 Å². The third kappa shape index (κ3) is 4.45. The van der Waals surface area contributed by atoms with Gasteiger partial charge in [0.05, 0.1) is 17.1 Å².